The quantitative estimate of drug-likeness (QED) is 0.596. The van der Waals surface area contributed by atoms with Crippen molar-refractivity contribution in [1.82, 2.24) is 0 Å². The first-order valence-electron chi connectivity index (χ1n) is 6.17. The zero-order valence-corrected chi connectivity index (χ0v) is 10.6. The van der Waals surface area contributed by atoms with Crippen LogP contribution in [0.4, 0.5) is 0 Å². The van der Waals surface area contributed by atoms with Crippen molar-refractivity contribution in [3.63, 3.8) is 0 Å². The van der Waals surface area contributed by atoms with Gasteiger partial charge in [-0.2, -0.15) is 5.26 Å². The summed E-state index contributed by atoms with van der Waals surface area (Å²) in [6.07, 6.45) is 1.82. The average Bonchev–Trinajstić information content (AvgIpc) is 2.49. The molecule has 0 aliphatic rings. The molecule has 0 aliphatic carbocycles. The SMILES string of the molecule is N#C/C(=C\COCc1ccccc1)c1ccccc1. The molecule has 0 amide bonds. The molecule has 0 N–H and O–H groups in total. The molecule has 19 heavy (non-hydrogen) atoms. The maximum atomic E-state index is 9.12. The molecule has 2 aromatic carbocycles. The van der Waals surface area contributed by atoms with Crippen molar-refractivity contribution in [3.05, 3.63) is 77.9 Å². The fourth-order valence-electron chi connectivity index (χ4n) is 1.74. The molecule has 2 aromatic rings. The van der Waals surface area contributed by atoms with Gasteiger partial charge in [-0.15, -0.1) is 0 Å². The maximum Gasteiger partial charge on any atom is 0.0995 e. The minimum atomic E-state index is 0.437. The van der Waals surface area contributed by atoms with Crippen molar-refractivity contribution >= 4 is 5.57 Å². The lowest BCUT2D eigenvalue weighted by Crippen LogP contribution is -1.93. The monoisotopic (exact) mass is 249 g/mol. The third-order valence-electron chi connectivity index (χ3n) is 2.72. The lowest BCUT2D eigenvalue weighted by molar-refractivity contribution is 0.149. The minimum Gasteiger partial charge on any atom is -0.373 e. The van der Waals surface area contributed by atoms with Crippen LogP contribution in [0, 0.1) is 11.3 Å². The van der Waals surface area contributed by atoms with E-state index in [9.17, 15) is 0 Å². The van der Waals surface area contributed by atoms with Gasteiger partial charge < -0.3 is 4.74 Å². The molecule has 2 heteroatoms. The number of ether oxygens (including phenoxy) is 1. The van der Waals surface area contributed by atoms with Crippen molar-refractivity contribution < 1.29 is 4.74 Å². The summed E-state index contributed by atoms with van der Waals surface area (Å²) < 4.78 is 5.55. The Morgan fingerprint density at radius 3 is 2.26 bits per heavy atom. The highest BCUT2D eigenvalue weighted by atomic mass is 16.5. The van der Waals surface area contributed by atoms with E-state index in [1.807, 2.05) is 66.7 Å². The number of nitrogens with zero attached hydrogens (tertiary/aromatic N) is 1. The van der Waals surface area contributed by atoms with E-state index in [1.165, 1.54) is 0 Å². The van der Waals surface area contributed by atoms with Crippen molar-refractivity contribution in [2.24, 2.45) is 0 Å². The highest BCUT2D eigenvalue weighted by Crippen LogP contribution is 2.12. The topological polar surface area (TPSA) is 33.0 Å². The van der Waals surface area contributed by atoms with Crippen LogP contribution in [0.25, 0.3) is 5.57 Å². The van der Waals surface area contributed by atoms with Crippen LogP contribution in [0.5, 0.6) is 0 Å². The predicted molar refractivity (Wildman–Crippen MR) is 76.1 cm³/mol. The molecular weight excluding hydrogens is 234 g/mol. The Kier molecular flexibility index (Phi) is 4.92. The van der Waals surface area contributed by atoms with E-state index in [-0.39, 0.29) is 0 Å². The van der Waals surface area contributed by atoms with Crippen LogP contribution in [0.15, 0.2) is 66.7 Å². The second-order valence-electron chi connectivity index (χ2n) is 4.10. The zero-order chi connectivity index (χ0) is 13.3. The van der Waals surface area contributed by atoms with E-state index in [0.717, 1.165) is 11.1 Å². The molecule has 94 valence electrons. The summed E-state index contributed by atoms with van der Waals surface area (Å²) in [5.74, 6) is 0. The Hall–Kier alpha value is -2.37. The van der Waals surface area contributed by atoms with Crippen molar-refractivity contribution in [2.75, 3.05) is 6.61 Å². The van der Waals surface area contributed by atoms with E-state index < -0.39 is 0 Å². The summed E-state index contributed by atoms with van der Waals surface area (Å²) in [4.78, 5) is 0. The van der Waals surface area contributed by atoms with Crippen LogP contribution >= 0.6 is 0 Å². The van der Waals surface area contributed by atoms with Gasteiger partial charge in [0.15, 0.2) is 0 Å². The normalized spacial score (nSPS) is 11.0. The summed E-state index contributed by atoms with van der Waals surface area (Å²) in [5.41, 5.74) is 2.70. The van der Waals surface area contributed by atoms with Crippen molar-refractivity contribution in [2.45, 2.75) is 6.61 Å². The summed E-state index contributed by atoms with van der Waals surface area (Å²) in [6, 6.07) is 21.8. The summed E-state index contributed by atoms with van der Waals surface area (Å²) in [7, 11) is 0. The average molecular weight is 249 g/mol. The molecule has 0 saturated carbocycles. The van der Waals surface area contributed by atoms with E-state index in [1.54, 1.807) is 0 Å². The van der Waals surface area contributed by atoms with Gasteiger partial charge in [0, 0.05) is 0 Å². The van der Waals surface area contributed by atoms with Crippen molar-refractivity contribution in [1.29, 1.82) is 5.26 Å². The van der Waals surface area contributed by atoms with Crippen molar-refractivity contribution in [3.8, 4) is 6.07 Å². The summed E-state index contributed by atoms with van der Waals surface area (Å²) in [6.45, 7) is 0.998. The second-order valence-corrected chi connectivity index (χ2v) is 4.10. The van der Waals surface area contributed by atoms with Crippen LogP contribution in [0.2, 0.25) is 0 Å². The van der Waals surface area contributed by atoms with Crippen LogP contribution in [-0.2, 0) is 11.3 Å². The maximum absolute atomic E-state index is 9.12. The molecule has 0 aliphatic heterocycles. The van der Waals surface area contributed by atoms with Gasteiger partial charge in [0.05, 0.1) is 24.9 Å². The predicted octanol–water partition coefficient (Wildman–Crippen LogP) is 3.81. The number of allylic oxidation sites excluding steroid dienone is 1. The van der Waals surface area contributed by atoms with Gasteiger partial charge in [0.2, 0.25) is 0 Å². The smallest absolute Gasteiger partial charge is 0.0995 e. The van der Waals surface area contributed by atoms with E-state index in [2.05, 4.69) is 6.07 Å². The van der Waals surface area contributed by atoms with E-state index >= 15 is 0 Å². The molecule has 0 atom stereocenters. The van der Waals surface area contributed by atoms with Crippen LogP contribution in [0.3, 0.4) is 0 Å². The van der Waals surface area contributed by atoms with E-state index in [4.69, 9.17) is 10.00 Å². The first kappa shape index (κ1) is 13.1. The van der Waals surface area contributed by atoms with E-state index in [0.29, 0.717) is 18.8 Å². The summed E-state index contributed by atoms with van der Waals surface area (Å²) in [5, 5.41) is 9.12. The molecule has 0 spiro atoms. The van der Waals surface area contributed by atoms with Gasteiger partial charge in [-0.3, -0.25) is 0 Å². The lowest BCUT2D eigenvalue weighted by Gasteiger charge is -2.02. The van der Waals surface area contributed by atoms with Gasteiger partial charge in [-0.25, -0.2) is 0 Å². The Morgan fingerprint density at radius 2 is 1.63 bits per heavy atom. The molecule has 0 saturated heterocycles. The first-order valence-corrected chi connectivity index (χ1v) is 6.17. The number of rotatable bonds is 5. The Bertz CT molecular complexity index is 567. The fourth-order valence-corrected chi connectivity index (χ4v) is 1.74. The number of hydrogen-bond acceptors (Lipinski definition) is 2. The highest BCUT2D eigenvalue weighted by molar-refractivity contribution is 5.76. The molecule has 0 fully saturated rings. The van der Waals surface area contributed by atoms with Gasteiger partial charge in [-0.05, 0) is 17.2 Å². The third-order valence-corrected chi connectivity index (χ3v) is 2.72. The van der Waals surface area contributed by atoms with Gasteiger partial charge in [0.1, 0.15) is 0 Å². The molecule has 0 radical (unpaired) electrons. The molecule has 0 unspecified atom stereocenters. The largest absolute Gasteiger partial charge is 0.373 e. The molecule has 2 rings (SSSR count). The third kappa shape index (κ3) is 4.09. The van der Waals surface area contributed by atoms with Crippen LogP contribution in [0.1, 0.15) is 11.1 Å². The Labute approximate surface area is 113 Å². The first-order chi connectivity index (χ1) is 9.40. The molecular formula is C17H15NO. The lowest BCUT2D eigenvalue weighted by atomic mass is 10.1. The number of benzene rings is 2. The van der Waals surface area contributed by atoms with Gasteiger partial charge in [0.25, 0.3) is 0 Å². The highest BCUT2D eigenvalue weighted by Gasteiger charge is 1.98. The fraction of sp³-hybridized carbons (Fsp3) is 0.118. The summed E-state index contributed by atoms with van der Waals surface area (Å²) >= 11 is 0. The number of nitriles is 1. The second kappa shape index (κ2) is 7.15. The molecule has 0 heterocycles. The van der Waals surface area contributed by atoms with Gasteiger partial charge in [-0.1, -0.05) is 60.7 Å². The van der Waals surface area contributed by atoms with Crippen LogP contribution in [-0.4, -0.2) is 6.61 Å². The Morgan fingerprint density at radius 1 is 1.00 bits per heavy atom. The number of hydrogen-bond donors (Lipinski definition) is 0. The van der Waals surface area contributed by atoms with Crippen LogP contribution < -0.4 is 0 Å². The van der Waals surface area contributed by atoms with Gasteiger partial charge >= 0.3 is 0 Å². The Balaban J connectivity index is 1.90. The molecule has 2 nitrogen and oxygen atoms in total. The minimum absolute atomic E-state index is 0.437. The molecule has 0 aromatic heterocycles. The zero-order valence-electron chi connectivity index (χ0n) is 10.6. The molecule has 0 bridgehead atoms. The standard InChI is InChI=1S/C17H15NO/c18-13-17(16-9-5-2-6-10-16)11-12-19-14-15-7-3-1-4-8-15/h1-11H,12,14H2/b17-11+.